The van der Waals surface area contributed by atoms with Gasteiger partial charge in [0.15, 0.2) is 6.10 Å². The molecule has 0 heterocycles. The first-order valence-electron chi connectivity index (χ1n) is 33.0. The van der Waals surface area contributed by atoms with Crippen molar-refractivity contribution in [2.75, 3.05) is 47.5 Å². The number of carbonyl (C=O) groups excluding carboxylic acids is 2. The maximum absolute atomic E-state index is 12.9. The van der Waals surface area contributed by atoms with Gasteiger partial charge in [0.2, 0.25) is 0 Å². The minimum Gasteiger partial charge on any atom is -0.477 e. The number of likely N-dealkylation sites (N-methyl/N-ethyl adjacent to an activating group) is 1. The fourth-order valence-electron chi connectivity index (χ4n) is 8.54. The number of hydrogen-bond acceptors (Lipinski definition) is 7. The molecule has 0 saturated heterocycles. The fourth-order valence-corrected chi connectivity index (χ4v) is 8.54. The highest BCUT2D eigenvalue weighted by molar-refractivity contribution is 5.71. The maximum atomic E-state index is 12.9. The summed E-state index contributed by atoms with van der Waals surface area (Å²) in [6.45, 7) is 4.73. The normalized spacial score (nSPS) is 13.7. The summed E-state index contributed by atoms with van der Waals surface area (Å²) >= 11 is 0. The van der Waals surface area contributed by atoms with Gasteiger partial charge in [0, 0.05) is 12.8 Å². The molecule has 1 N–H and O–H groups in total. The van der Waals surface area contributed by atoms with Crippen LogP contribution in [0.25, 0.3) is 0 Å². The van der Waals surface area contributed by atoms with Gasteiger partial charge in [0.05, 0.1) is 34.4 Å². The zero-order valence-corrected chi connectivity index (χ0v) is 53.5. The summed E-state index contributed by atoms with van der Waals surface area (Å²) in [5, 5.41) is 9.72. The first kappa shape index (κ1) is 78.2. The van der Waals surface area contributed by atoms with Gasteiger partial charge >= 0.3 is 17.9 Å². The standard InChI is InChI=1S/C74H121NO8/c1-6-8-10-12-14-16-18-20-22-24-26-27-28-29-30-31-32-33-34-35-36-37-38-39-40-41-42-43-44-45-47-49-51-53-55-57-59-61-63-65-72(77)83-70(69-82-74(73(78)79)80-67-66-75(3,4)5)68-81-71(76)64-62-60-58-56-54-52-50-48-46-25-23-21-19-17-15-13-11-9-7-2/h8,10,14,16,20-23,26-27,29-30,32-33,35-36,38-39,41-42,44-45,49,51,70,74H,6-7,9,11-13,15,17-19,24-25,28,31,34,37,40,43,46-48,50,52-69H2,1-5H3/p+1/b10-8-,16-14-,22-20-,23-21-,27-26-,30-29-,33-32-,36-35-,39-38-,42-41-,45-44-,51-49-. The average Bonchev–Trinajstić information content (AvgIpc) is 3.46. The van der Waals surface area contributed by atoms with Crippen molar-refractivity contribution in [1.29, 1.82) is 0 Å². The van der Waals surface area contributed by atoms with E-state index in [1.807, 2.05) is 21.1 Å². The van der Waals surface area contributed by atoms with Crippen molar-refractivity contribution in [3.05, 3.63) is 146 Å². The highest BCUT2D eigenvalue weighted by atomic mass is 16.7. The highest BCUT2D eigenvalue weighted by Crippen LogP contribution is 2.15. The third kappa shape index (κ3) is 64.6. The van der Waals surface area contributed by atoms with Gasteiger partial charge in [-0.3, -0.25) is 9.59 Å². The number of aliphatic carboxylic acids is 1. The molecule has 0 aliphatic heterocycles. The Morgan fingerprint density at radius 3 is 1.04 bits per heavy atom. The molecule has 9 nitrogen and oxygen atoms in total. The molecule has 83 heavy (non-hydrogen) atoms. The second-order valence-electron chi connectivity index (χ2n) is 22.7. The van der Waals surface area contributed by atoms with Crippen LogP contribution in [0.2, 0.25) is 0 Å². The van der Waals surface area contributed by atoms with Gasteiger partial charge in [-0.05, 0) is 122 Å². The third-order valence-corrected chi connectivity index (χ3v) is 13.6. The largest absolute Gasteiger partial charge is 0.477 e. The van der Waals surface area contributed by atoms with Crippen molar-refractivity contribution in [2.45, 2.75) is 257 Å². The number of carbonyl (C=O) groups is 3. The van der Waals surface area contributed by atoms with Crippen LogP contribution in [-0.4, -0.2) is 87.4 Å². The number of allylic oxidation sites excluding steroid dienone is 24. The lowest BCUT2D eigenvalue weighted by Crippen LogP contribution is -2.40. The number of carboxylic acid groups (broad SMARTS) is 1. The maximum Gasteiger partial charge on any atom is 0.361 e. The monoisotopic (exact) mass is 1150 g/mol. The number of carboxylic acids is 1. The van der Waals surface area contributed by atoms with Crippen LogP contribution in [0.3, 0.4) is 0 Å². The van der Waals surface area contributed by atoms with Gasteiger partial charge in [0.25, 0.3) is 6.29 Å². The Morgan fingerprint density at radius 1 is 0.373 bits per heavy atom. The molecule has 9 heteroatoms. The van der Waals surface area contributed by atoms with Crippen LogP contribution in [0.15, 0.2) is 146 Å². The second-order valence-corrected chi connectivity index (χ2v) is 22.7. The Labute approximate surface area is 509 Å². The molecule has 0 amide bonds. The van der Waals surface area contributed by atoms with E-state index >= 15 is 0 Å². The van der Waals surface area contributed by atoms with E-state index in [-0.39, 0.29) is 38.6 Å². The van der Waals surface area contributed by atoms with Crippen LogP contribution in [0, 0.1) is 0 Å². The van der Waals surface area contributed by atoms with Crippen LogP contribution in [0.4, 0.5) is 0 Å². The van der Waals surface area contributed by atoms with Crippen molar-refractivity contribution < 1.29 is 42.9 Å². The minimum atomic E-state index is -1.53. The molecule has 0 bridgehead atoms. The summed E-state index contributed by atoms with van der Waals surface area (Å²) in [5.41, 5.74) is 0. The predicted molar refractivity (Wildman–Crippen MR) is 354 cm³/mol. The van der Waals surface area contributed by atoms with E-state index in [1.165, 1.54) is 89.9 Å². The van der Waals surface area contributed by atoms with Crippen molar-refractivity contribution >= 4 is 17.9 Å². The summed E-state index contributed by atoms with van der Waals surface area (Å²) in [6, 6.07) is 0. The molecular formula is C74H122NO8+. The number of nitrogens with zero attached hydrogens (tertiary/aromatic N) is 1. The number of esters is 2. The molecule has 0 radical (unpaired) electrons. The van der Waals surface area contributed by atoms with Crippen LogP contribution in [0.1, 0.15) is 245 Å². The van der Waals surface area contributed by atoms with Crippen molar-refractivity contribution in [1.82, 2.24) is 0 Å². The molecule has 0 fully saturated rings. The minimum absolute atomic E-state index is 0.176. The Bertz CT molecular complexity index is 1870. The Hall–Kier alpha value is -4.83. The molecule has 0 saturated carbocycles. The topological polar surface area (TPSA) is 108 Å². The van der Waals surface area contributed by atoms with E-state index in [9.17, 15) is 19.5 Å². The molecule has 0 aliphatic rings. The summed E-state index contributed by atoms with van der Waals surface area (Å²) in [7, 11) is 5.96. The number of rotatable bonds is 59. The molecule has 0 rings (SSSR count). The molecule has 0 aromatic heterocycles. The fraction of sp³-hybridized carbons (Fsp3) is 0.635. The molecule has 0 aromatic rings. The quantitative estimate of drug-likeness (QED) is 0.0211. The zero-order valence-electron chi connectivity index (χ0n) is 53.5. The summed E-state index contributed by atoms with van der Waals surface area (Å²) in [5.74, 6) is -2.04. The first-order chi connectivity index (χ1) is 40.6. The van der Waals surface area contributed by atoms with Gasteiger partial charge in [-0.2, -0.15) is 0 Å². The van der Waals surface area contributed by atoms with Crippen LogP contribution in [0.5, 0.6) is 0 Å². The van der Waals surface area contributed by atoms with E-state index in [2.05, 4.69) is 160 Å². The molecular weight excluding hydrogens is 1030 g/mol. The molecule has 0 aromatic carbocycles. The summed E-state index contributed by atoms with van der Waals surface area (Å²) in [6.07, 6.45) is 89.4. The van der Waals surface area contributed by atoms with E-state index in [1.54, 1.807) is 0 Å². The second kappa shape index (κ2) is 63.2. The Morgan fingerprint density at radius 2 is 0.687 bits per heavy atom. The lowest BCUT2D eigenvalue weighted by atomic mass is 10.1. The number of unbranched alkanes of at least 4 members (excludes halogenated alkanes) is 20. The van der Waals surface area contributed by atoms with Gasteiger partial charge < -0.3 is 28.5 Å². The van der Waals surface area contributed by atoms with Crippen molar-refractivity contribution in [2.24, 2.45) is 0 Å². The lowest BCUT2D eigenvalue weighted by Gasteiger charge is -2.25. The van der Waals surface area contributed by atoms with Crippen LogP contribution >= 0.6 is 0 Å². The molecule has 2 atom stereocenters. The van der Waals surface area contributed by atoms with Gasteiger partial charge in [-0.25, -0.2) is 4.79 Å². The smallest absolute Gasteiger partial charge is 0.361 e. The molecule has 0 aliphatic carbocycles. The lowest BCUT2D eigenvalue weighted by molar-refractivity contribution is -0.870. The van der Waals surface area contributed by atoms with E-state index < -0.39 is 24.3 Å². The third-order valence-electron chi connectivity index (χ3n) is 13.6. The highest BCUT2D eigenvalue weighted by Gasteiger charge is 2.25. The Kier molecular flexibility index (Phi) is 59.5. The van der Waals surface area contributed by atoms with Gasteiger partial charge in [0.1, 0.15) is 13.2 Å². The molecule has 0 spiro atoms. The van der Waals surface area contributed by atoms with E-state index in [4.69, 9.17) is 18.9 Å². The number of hydrogen-bond donors (Lipinski definition) is 1. The van der Waals surface area contributed by atoms with E-state index in [0.29, 0.717) is 17.4 Å². The van der Waals surface area contributed by atoms with Crippen LogP contribution in [-0.2, 0) is 33.3 Å². The van der Waals surface area contributed by atoms with Gasteiger partial charge in [-0.15, -0.1) is 0 Å². The first-order valence-corrected chi connectivity index (χ1v) is 33.0. The average molecular weight is 1150 g/mol. The molecule has 2 unspecified atom stereocenters. The Balaban J connectivity index is 4.24. The zero-order chi connectivity index (χ0) is 60.5. The number of ether oxygens (including phenoxy) is 4. The van der Waals surface area contributed by atoms with Crippen LogP contribution < -0.4 is 0 Å². The summed E-state index contributed by atoms with van der Waals surface area (Å²) in [4.78, 5) is 37.5. The number of quaternary nitrogens is 1. The molecule has 470 valence electrons. The van der Waals surface area contributed by atoms with Gasteiger partial charge in [-0.1, -0.05) is 256 Å². The van der Waals surface area contributed by atoms with Crippen molar-refractivity contribution in [3.63, 3.8) is 0 Å². The van der Waals surface area contributed by atoms with E-state index in [0.717, 1.165) is 122 Å². The predicted octanol–water partition coefficient (Wildman–Crippen LogP) is 20.3. The SMILES string of the molecule is CC/C=C\C/C=C\C/C=C\C/C=C\C/C=C\C/C=C\C/C=C\C/C=C\C/C=C\C/C=C\C/C=C\CCCCCCCC(=O)OC(COC(=O)CCCCCCCCCCC/C=C\CCCCCCCC)COC(OCC[N+](C)(C)C)C(=O)O. The van der Waals surface area contributed by atoms with Crippen molar-refractivity contribution in [3.8, 4) is 0 Å². The summed E-state index contributed by atoms with van der Waals surface area (Å²) < 4.78 is 22.9.